The quantitative estimate of drug-likeness (QED) is 0.916. The van der Waals surface area contributed by atoms with E-state index in [-0.39, 0.29) is 11.4 Å². The number of anilines is 1. The normalized spacial score (nSPS) is 12.4. The molecule has 0 spiro atoms. The minimum atomic E-state index is -3.81. The maximum absolute atomic E-state index is 12.8. The van der Waals surface area contributed by atoms with Crippen molar-refractivity contribution in [1.82, 2.24) is 0 Å². The van der Waals surface area contributed by atoms with Gasteiger partial charge in [0.15, 0.2) is 0 Å². The molecule has 2 aromatic carbocycles. The van der Waals surface area contributed by atoms with Crippen LogP contribution in [0.3, 0.4) is 0 Å². The van der Waals surface area contributed by atoms with Crippen molar-refractivity contribution in [3.63, 3.8) is 0 Å². The highest BCUT2D eigenvalue weighted by Gasteiger charge is 2.25. The van der Waals surface area contributed by atoms with E-state index in [9.17, 15) is 13.5 Å². The van der Waals surface area contributed by atoms with Crippen molar-refractivity contribution in [3.05, 3.63) is 60.2 Å². The molecule has 0 fully saturated rings. The van der Waals surface area contributed by atoms with Crippen LogP contribution in [0.25, 0.3) is 0 Å². The van der Waals surface area contributed by atoms with Crippen molar-refractivity contribution in [2.24, 2.45) is 0 Å². The van der Waals surface area contributed by atoms with E-state index in [1.54, 1.807) is 30.3 Å². The molecule has 0 unspecified atom stereocenters. The van der Waals surface area contributed by atoms with Crippen molar-refractivity contribution in [2.75, 3.05) is 10.8 Å². The van der Waals surface area contributed by atoms with Crippen LogP contribution < -0.4 is 4.31 Å². The van der Waals surface area contributed by atoms with Crippen molar-refractivity contribution in [1.29, 1.82) is 5.26 Å². The number of nitriles is 1. The van der Waals surface area contributed by atoms with Gasteiger partial charge in [-0.2, -0.15) is 5.26 Å². The summed E-state index contributed by atoms with van der Waals surface area (Å²) in [5.41, 5.74) is 0.869. The molecule has 1 N–H and O–H groups in total. The van der Waals surface area contributed by atoms with Gasteiger partial charge in [-0.25, -0.2) is 8.42 Å². The number of hydrogen-bond acceptors (Lipinski definition) is 4. The third kappa shape index (κ3) is 3.45. The average molecular weight is 316 g/mol. The molecular formula is C16H16N2O3S. The number of rotatable bonds is 5. The molecule has 0 aliphatic rings. The van der Waals surface area contributed by atoms with Gasteiger partial charge in [-0.05, 0) is 43.3 Å². The van der Waals surface area contributed by atoms with Crippen molar-refractivity contribution in [2.45, 2.75) is 17.9 Å². The predicted octanol–water partition coefficient (Wildman–Crippen LogP) is 2.13. The van der Waals surface area contributed by atoms with Gasteiger partial charge >= 0.3 is 0 Å². The van der Waals surface area contributed by atoms with E-state index in [4.69, 9.17) is 5.26 Å². The van der Waals surface area contributed by atoms with Crippen molar-refractivity contribution in [3.8, 4) is 6.07 Å². The number of hydrogen-bond donors (Lipinski definition) is 1. The first-order valence-electron chi connectivity index (χ1n) is 6.71. The molecule has 0 aliphatic heterocycles. The Morgan fingerprint density at radius 2 is 1.73 bits per heavy atom. The van der Waals surface area contributed by atoms with Gasteiger partial charge in [-0.15, -0.1) is 0 Å². The summed E-state index contributed by atoms with van der Waals surface area (Å²) in [7, 11) is -3.81. The first kappa shape index (κ1) is 16.0. The van der Waals surface area contributed by atoms with E-state index in [0.717, 1.165) is 0 Å². The standard InChI is InChI=1S/C16H16N2O3S/c1-13(19)12-18(15-5-3-2-4-6-15)22(20,21)16-9-7-14(11-17)8-10-16/h2-10,13,19H,12H2,1H3/t13-/m0/s1. The molecule has 0 saturated heterocycles. The maximum atomic E-state index is 12.8. The van der Waals surface area contributed by atoms with Crippen LogP contribution in [0.2, 0.25) is 0 Å². The molecule has 6 heteroatoms. The predicted molar refractivity (Wildman–Crippen MR) is 83.8 cm³/mol. The number of aliphatic hydroxyl groups is 1. The van der Waals surface area contributed by atoms with Gasteiger partial charge in [0.05, 0.1) is 34.9 Å². The monoisotopic (exact) mass is 316 g/mol. The third-order valence-corrected chi connectivity index (χ3v) is 4.85. The van der Waals surface area contributed by atoms with Gasteiger partial charge in [-0.3, -0.25) is 4.31 Å². The van der Waals surface area contributed by atoms with E-state index in [1.165, 1.54) is 35.5 Å². The number of para-hydroxylation sites is 1. The van der Waals surface area contributed by atoms with Crippen LogP contribution in [0.15, 0.2) is 59.5 Å². The maximum Gasteiger partial charge on any atom is 0.264 e. The Bertz CT molecular complexity index is 763. The molecule has 0 heterocycles. The molecular weight excluding hydrogens is 300 g/mol. The minimum absolute atomic E-state index is 0.0493. The molecule has 114 valence electrons. The van der Waals surface area contributed by atoms with Crippen molar-refractivity contribution < 1.29 is 13.5 Å². The lowest BCUT2D eigenvalue weighted by Gasteiger charge is -2.25. The van der Waals surface area contributed by atoms with E-state index < -0.39 is 16.1 Å². The second-order valence-electron chi connectivity index (χ2n) is 4.86. The van der Waals surface area contributed by atoms with Crippen LogP contribution in [0, 0.1) is 11.3 Å². The fraction of sp³-hybridized carbons (Fsp3) is 0.188. The molecule has 0 aromatic heterocycles. The SMILES string of the molecule is C[C@H](O)CN(c1ccccc1)S(=O)(=O)c1ccc(C#N)cc1. The Morgan fingerprint density at radius 1 is 1.14 bits per heavy atom. The fourth-order valence-electron chi connectivity index (χ4n) is 2.01. The molecule has 5 nitrogen and oxygen atoms in total. The molecule has 2 aromatic rings. The van der Waals surface area contributed by atoms with Crippen molar-refractivity contribution >= 4 is 15.7 Å². The minimum Gasteiger partial charge on any atom is -0.392 e. The molecule has 0 aliphatic carbocycles. The summed E-state index contributed by atoms with van der Waals surface area (Å²) in [6.45, 7) is 1.48. The topological polar surface area (TPSA) is 81.4 Å². The van der Waals surface area contributed by atoms with Crippen LogP contribution in [-0.2, 0) is 10.0 Å². The summed E-state index contributed by atoms with van der Waals surface area (Å²) < 4.78 is 26.8. The summed E-state index contributed by atoms with van der Waals surface area (Å²) in [5, 5.41) is 18.4. The fourth-order valence-corrected chi connectivity index (χ4v) is 3.55. The van der Waals surface area contributed by atoms with E-state index >= 15 is 0 Å². The van der Waals surface area contributed by atoms with E-state index in [1.807, 2.05) is 6.07 Å². The molecule has 0 saturated carbocycles. The number of aliphatic hydroxyl groups excluding tert-OH is 1. The van der Waals surface area contributed by atoms with E-state index in [2.05, 4.69) is 0 Å². The highest BCUT2D eigenvalue weighted by molar-refractivity contribution is 7.92. The zero-order valence-electron chi connectivity index (χ0n) is 12.0. The second-order valence-corrected chi connectivity index (χ2v) is 6.72. The first-order chi connectivity index (χ1) is 10.4. The van der Waals surface area contributed by atoms with Crippen LogP contribution >= 0.6 is 0 Å². The first-order valence-corrected chi connectivity index (χ1v) is 8.15. The summed E-state index contributed by atoms with van der Waals surface area (Å²) >= 11 is 0. The number of sulfonamides is 1. The molecule has 0 bridgehead atoms. The van der Waals surface area contributed by atoms with Gasteiger partial charge in [0, 0.05) is 0 Å². The Kier molecular flexibility index (Phi) is 4.81. The lowest BCUT2D eigenvalue weighted by molar-refractivity contribution is 0.204. The Labute approximate surface area is 130 Å². The lowest BCUT2D eigenvalue weighted by Crippen LogP contribution is -2.36. The van der Waals surface area contributed by atoms with E-state index in [0.29, 0.717) is 11.3 Å². The highest BCUT2D eigenvalue weighted by atomic mass is 32.2. The van der Waals surface area contributed by atoms with Gasteiger partial charge in [0.2, 0.25) is 0 Å². The molecule has 22 heavy (non-hydrogen) atoms. The lowest BCUT2D eigenvalue weighted by atomic mass is 10.2. The number of nitrogens with zero attached hydrogens (tertiary/aromatic N) is 2. The second kappa shape index (κ2) is 6.60. The molecule has 2 rings (SSSR count). The van der Waals surface area contributed by atoms with Gasteiger partial charge in [0.1, 0.15) is 0 Å². The zero-order chi connectivity index (χ0) is 16.2. The van der Waals surface area contributed by atoms with Crippen LogP contribution in [0.1, 0.15) is 12.5 Å². The summed E-state index contributed by atoms with van der Waals surface area (Å²) in [5.74, 6) is 0. The molecule has 0 radical (unpaired) electrons. The zero-order valence-corrected chi connectivity index (χ0v) is 12.9. The summed E-state index contributed by atoms with van der Waals surface area (Å²) in [6.07, 6.45) is -0.812. The van der Waals surface area contributed by atoms with Gasteiger partial charge in [0.25, 0.3) is 10.0 Å². The highest BCUT2D eigenvalue weighted by Crippen LogP contribution is 2.24. The summed E-state index contributed by atoms with van der Waals surface area (Å²) in [6, 6.07) is 16.3. The van der Waals surface area contributed by atoms with Crippen LogP contribution in [0.5, 0.6) is 0 Å². The van der Waals surface area contributed by atoms with Crippen LogP contribution in [0.4, 0.5) is 5.69 Å². The van der Waals surface area contributed by atoms with Crippen LogP contribution in [-0.4, -0.2) is 26.2 Å². The van der Waals surface area contributed by atoms with Gasteiger partial charge < -0.3 is 5.11 Å². The smallest absolute Gasteiger partial charge is 0.264 e. The molecule has 0 amide bonds. The molecule has 1 atom stereocenters. The Balaban J connectivity index is 2.47. The van der Waals surface area contributed by atoms with Gasteiger partial charge in [-0.1, -0.05) is 18.2 Å². The number of benzene rings is 2. The Hall–Kier alpha value is -2.36. The largest absolute Gasteiger partial charge is 0.392 e. The summed E-state index contributed by atoms with van der Waals surface area (Å²) in [4.78, 5) is 0.0796. The third-order valence-electron chi connectivity index (χ3n) is 3.05. The average Bonchev–Trinajstić information content (AvgIpc) is 2.53. The Morgan fingerprint density at radius 3 is 2.23 bits per heavy atom.